The van der Waals surface area contributed by atoms with Gasteiger partial charge in [0.25, 0.3) is 0 Å². The van der Waals surface area contributed by atoms with E-state index in [2.05, 4.69) is 6.92 Å². The van der Waals surface area contributed by atoms with Gasteiger partial charge in [0.05, 0.1) is 18.3 Å². The number of Topliss-reactive ketones (excluding diaryl/α,β-unsaturated/α-hetero) is 1. The van der Waals surface area contributed by atoms with Crippen molar-refractivity contribution in [1.82, 2.24) is 0 Å². The number of carbonyl (C=O) groups excluding carboxylic acids is 1. The molecule has 3 atom stereocenters. The van der Waals surface area contributed by atoms with Gasteiger partial charge >= 0.3 is 0 Å². The monoisotopic (exact) mass is 372 g/mol. The molecule has 3 N–H and O–H groups in total. The van der Waals surface area contributed by atoms with Crippen LogP contribution in [0.2, 0.25) is 0 Å². The molecule has 0 radical (unpaired) electrons. The molecular formula is C23H32O4. The van der Waals surface area contributed by atoms with Crippen LogP contribution in [0.1, 0.15) is 57.1 Å². The zero-order chi connectivity index (χ0) is 20.1. The lowest BCUT2D eigenvalue weighted by Gasteiger charge is -2.14. The standard InChI is InChI=1S/C23H32O4/c1-3-4-5-12-21(25)16-14-19-10-6-7-11-20(19)15-17-23(27)22(26)13-8-9-18(2)24/h4-7,10-11,14-17,21-23,25-27H,3,8-9,12-13H2,1-2H3/b5-4-,16-14+,17-15+/t21-,22+,23-/m1/s1. The molecule has 0 heterocycles. The van der Waals surface area contributed by atoms with E-state index < -0.39 is 18.3 Å². The van der Waals surface area contributed by atoms with E-state index in [4.69, 9.17) is 0 Å². The van der Waals surface area contributed by atoms with Crippen LogP contribution in [0.4, 0.5) is 0 Å². The predicted molar refractivity (Wildman–Crippen MR) is 111 cm³/mol. The second kappa shape index (κ2) is 13.2. The first-order valence-corrected chi connectivity index (χ1v) is 9.58. The van der Waals surface area contributed by atoms with E-state index in [0.717, 1.165) is 17.5 Å². The SMILES string of the molecule is CC/C=C\C[C@@H](O)/C=C/c1ccccc1/C=C/[C@@H](O)[C@@H](O)CCCC(C)=O. The summed E-state index contributed by atoms with van der Waals surface area (Å²) in [5, 5.41) is 30.1. The van der Waals surface area contributed by atoms with Crippen LogP contribution < -0.4 is 0 Å². The van der Waals surface area contributed by atoms with Crippen molar-refractivity contribution in [3.63, 3.8) is 0 Å². The molecule has 0 saturated heterocycles. The molecule has 1 rings (SSSR count). The fourth-order valence-corrected chi connectivity index (χ4v) is 2.57. The molecule has 0 fully saturated rings. The molecule has 0 amide bonds. The molecule has 0 aliphatic heterocycles. The van der Waals surface area contributed by atoms with E-state index in [1.165, 1.54) is 6.92 Å². The summed E-state index contributed by atoms with van der Waals surface area (Å²) in [6.07, 6.45) is 11.4. The van der Waals surface area contributed by atoms with Crippen molar-refractivity contribution in [2.45, 2.75) is 64.3 Å². The Hall–Kier alpha value is -2.01. The van der Waals surface area contributed by atoms with Gasteiger partial charge in [-0.1, -0.05) is 67.6 Å². The maximum atomic E-state index is 10.9. The second-order valence-corrected chi connectivity index (χ2v) is 6.68. The lowest BCUT2D eigenvalue weighted by molar-refractivity contribution is -0.117. The van der Waals surface area contributed by atoms with Crippen molar-refractivity contribution in [2.24, 2.45) is 0 Å². The average molecular weight is 373 g/mol. The smallest absolute Gasteiger partial charge is 0.129 e. The van der Waals surface area contributed by atoms with Gasteiger partial charge in [0.15, 0.2) is 0 Å². The summed E-state index contributed by atoms with van der Waals surface area (Å²) in [5.41, 5.74) is 1.81. The summed E-state index contributed by atoms with van der Waals surface area (Å²) >= 11 is 0. The lowest BCUT2D eigenvalue weighted by atomic mass is 10.0. The number of hydrogen-bond donors (Lipinski definition) is 3. The van der Waals surface area contributed by atoms with Crippen molar-refractivity contribution in [3.8, 4) is 0 Å². The minimum Gasteiger partial charge on any atom is -0.390 e. The summed E-state index contributed by atoms with van der Waals surface area (Å²) < 4.78 is 0. The zero-order valence-corrected chi connectivity index (χ0v) is 16.3. The third-order valence-corrected chi connectivity index (χ3v) is 4.17. The van der Waals surface area contributed by atoms with Crippen molar-refractivity contribution >= 4 is 17.9 Å². The Morgan fingerprint density at radius 3 is 2.26 bits per heavy atom. The highest BCUT2D eigenvalue weighted by atomic mass is 16.3. The molecule has 4 nitrogen and oxygen atoms in total. The number of hydrogen-bond acceptors (Lipinski definition) is 4. The van der Waals surface area contributed by atoms with E-state index in [1.54, 1.807) is 18.2 Å². The van der Waals surface area contributed by atoms with Crippen molar-refractivity contribution in [1.29, 1.82) is 0 Å². The molecule has 4 heteroatoms. The van der Waals surface area contributed by atoms with E-state index in [0.29, 0.717) is 25.7 Å². The lowest BCUT2D eigenvalue weighted by Crippen LogP contribution is -2.23. The second-order valence-electron chi connectivity index (χ2n) is 6.68. The van der Waals surface area contributed by atoms with Crippen LogP contribution in [0.15, 0.2) is 48.6 Å². The minimum atomic E-state index is -0.987. The Kier molecular flexibility index (Phi) is 11.3. The van der Waals surface area contributed by atoms with Crippen LogP contribution >= 0.6 is 0 Å². The van der Waals surface area contributed by atoms with Gasteiger partial charge in [0.1, 0.15) is 5.78 Å². The minimum absolute atomic E-state index is 0.0836. The number of ketones is 1. The average Bonchev–Trinajstić information content (AvgIpc) is 2.64. The van der Waals surface area contributed by atoms with Gasteiger partial charge in [-0.15, -0.1) is 0 Å². The summed E-state index contributed by atoms with van der Waals surface area (Å²) in [4.78, 5) is 10.9. The van der Waals surface area contributed by atoms with Crippen molar-refractivity contribution in [3.05, 3.63) is 59.7 Å². The first kappa shape index (κ1) is 23.0. The van der Waals surface area contributed by atoms with E-state index >= 15 is 0 Å². The van der Waals surface area contributed by atoms with Gasteiger partial charge in [0, 0.05) is 6.42 Å². The number of aliphatic hydroxyl groups excluding tert-OH is 3. The van der Waals surface area contributed by atoms with Gasteiger partial charge in [-0.3, -0.25) is 0 Å². The van der Waals surface area contributed by atoms with Gasteiger partial charge in [-0.2, -0.15) is 0 Å². The molecule has 0 aliphatic rings. The Balaban J connectivity index is 2.68. The van der Waals surface area contributed by atoms with Gasteiger partial charge < -0.3 is 20.1 Å². The van der Waals surface area contributed by atoms with Crippen LogP contribution in [0, 0.1) is 0 Å². The highest BCUT2D eigenvalue weighted by Gasteiger charge is 2.13. The molecule has 0 spiro atoms. The molecule has 0 aromatic heterocycles. The molecule has 0 unspecified atom stereocenters. The Morgan fingerprint density at radius 2 is 1.67 bits per heavy atom. The first-order valence-electron chi connectivity index (χ1n) is 9.58. The molecule has 0 aliphatic carbocycles. The van der Waals surface area contributed by atoms with Gasteiger partial charge in [-0.25, -0.2) is 0 Å². The van der Waals surface area contributed by atoms with Crippen molar-refractivity contribution < 1.29 is 20.1 Å². The third kappa shape index (κ3) is 10.0. The van der Waals surface area contributed by atoms with Crippen LogP contribution in [0.5, 0.6) is 0 Å². The number of rotatable bonds is 12. The fraction of sp³-hybridized carbons (Fsp3) is 0.435. The molecule has 0 bridgehead atoms. The quantitative estimate of drug-likeness (QED) is 0.486. The topological polar surface area (TPSA) is 77.8 Å². The van der Waals surface area contributed by atoms with Gasteiger partial charge in [0.2, 0.25) is 0 Å². The summed E-state index contributed by atoms with van der Waals surface area (Å²) in [6, 6.07) is 7.65. The summed E-state index contributed by atoms with van der Waals surface area (Å²) in [7, 11) is 0. The maximum absolute atomic E-state index is 10.9. The summed E-state index contributed by atoms with van der Waals surface area (Å²) in [6.45, 7) is 3.57. The molecular weight excluding hydrogens is 340 g/mol. The third-order valence-electron chi connectivity index (χ3n) is 4.17. The van der Waals surface area contributed by atoms with Crippen LogP contribution in [-0.2, 0) is 4.79 Å². The van der Waals surface area contributed by atoms with E-state index in [9.17, 15) is 20.1 Å². The highest BCUT2D eigenvalue weighted by Crippen LogP contribution is 2.15. The number of carbonyl (C=O) groups is 1. The molecule has 148 valence electrons. The fourth-order valence-electron chi connectivity index (χ4n) is 2.57. The van der Waals surface area contributed by atoms with Crippen LogP contribution in [0.3, 0.4) is 0 Å². The number of aliphatic hydroxyl groups is 3. The van der Waals surface area contributed by atoms with Crippen LogP contribution in [0.25, 0.3) is 12.2 Å². The Labute approximate surface area is 162 Å². The molecule has 27 heavy (non-hydrogen) atoms. The normalized spacial score (nSPS) is 15.6. The highest BCUT2D eigenvalue weighted by molar-refractivity contribution is 5.75. The molecule has 1 aromatic carbocycles. The van der Waals surface area contributed by atoms with E-state index in [-0.39, 0.29) is 5.78 Å². The molecule has 1 aromatic rings. The Morgan fingerprint density at radius 1 is 1.04 bits per heavy atom. The largest absolute Gasteiger partial charge is 0.390 e. The van der Waals surface area contributed by atoms with E-state index in [1.807, 2.05) is 42.5 Å². The first-order chi connectivity index (χ1) is 12.9. The van der Waals surface area contributed by atoms with Gasteiger partial charge in [-0.05, 0) is 43.7 Å². The Bertz CT molecular complexity index is 646. The zero-order valence-electron chi connectivity index (χ0n) is 16.3. The molecule has 0 saturated carbocycles. The number of benzene rings is 1. The summed E-state index contributed by atoms with van der Waals surface area (Å²) in [5.74, 6) is 0.0836. The predicted octanol–water partition coefficient (Wildman–Crippen LogP) is 3.91. The van der Waals surface area contributed by atoms with Crippen LogP contribution in [-0.4, -0.2) is 39.4 Å². The maximum Gasteiger partial charge on any atom is 0.129 e. The van der Waals surface area contributed by atoms with Crippen molar-refractivity contribution in [2.75, 3.05) is 0 Å². The number of allylic oxidation sites excluding steroid dienone is 1.